The van der Waals surface area contributed by atoms with Crippen LogP contribution >= 0.6 is 11.3 Å². The number of dihydropyridines is 1. The van der Waals surface area contributed by atoms with Gasteiger partial charge in [-0.05, 0) is 87.1 Å². The standard InChI is InChI=1S/C46H33N3S/c1-3-13-30(14-4-1)37-27-40-36-21-11-23-42(49-41-22-10-9-20-35(41)39-25-32-17-7-8-18-33(32)26-43(39)49)45(34-19-12-24-47-29-34)48-46(36)50-44(40)28-38(37)31-15-5-2-6-16-31/h1-10,12-20,22-23,25-29,47H,11,21,24H2/b42-23+,48-45-. The van der Waals surface area contributed by atoms with Gasteiger partial charge in [0.05, 0.1) is 22.4 Å². The van der Waals surface area contributed by atoms with Gasteiger partial charge in [0.25, 0.3) is 0 Å². The first-order valence-electron chi connectivity index (χ1n) is 17.3. The predicted molar refractivity (Wildman–Crippen MR) is 215 cm³/mol. The molecule has 4 heterocycles. The minimum absolute atomic E-state index is 0.815. The summed E-state index contributed by atoms with van der Waals surface area (Å²) in [5.41, 5.74) is 11.9. The van der Waals surface area contributed by atoms with E-state index in [9.17, 15) is 0 Å². The van der Waals surface area contributed by atoms with Crippen LogP contribution in [0.5, 0.6) is 0 Å². The molecule has 3 nitrogen and oxygen atoms in total. The highest BCUT2D eigenvalue weighted by Gasteiger charge is 2.24. The van der Waals surface area contributed by atoms with E-state index in [2.05, 4.69) is 168 Å². The van der Waals surface area contributed by atoms with Gasteiger partial charge in [-0.3, -0.25) is 0 Å². The molecule has 2 aromatic heterocycles. The number of nitrogens with one attached hydrogen (secondary N) is 1. The highest BCUT2D eigenvalue weighted by Crippen LogP contribution is 2.46. The average Bonchev–Trinajstić information content (AvgIpc) is 3.67. The number of para-hydroxylation sites is 1. The lowest BCUT2D eigenvalue weighted by Crippen LogP contribution is -2.18. The number of nitrogens with zero attached hydrogens (tertiary/aromatic N) is 2. The first kappa shape index (κ1) is 29.0. The molecule has 0 fully saturated rings. The van der Waals surface area contributed by atoms with E-state index in [0.717, 1.165) is 41.4 Å². The minimum atomic E-state index is 0.815. The number of hydrogen-bond donors (Lipinski definition) is 1. The average molecular weight is 660 g/mol. The summed E-state index contributed by atoms with van der Waals surface area (Å²) in [6.07, 6.45) is 10.8. The van der Waals surface area contributed by atoms with E-state index in [4.69, 9.17) is 4.99 Å². The third kappa shape index (κ3) is 4.75. The monoisotopic (exact) mass is 659 g/mol. The van der Waals surface area contributed by atoms with Gasteiger partial charge in [-0.15, -0.1) is 11.3 Å². The van der Waals surface area contributed by atoms with E-state index < -0.39 is 0 Å². The molecule has 10 rings (SSSR count). The molecule has 0 aliphatic carbocycles. The van der Waals surface area contributed by atoms with E-state index in [0.29, 0.717) is 0 Å². The summed E-state index contributed by atoms with van der Waals surface area (Å²) in [5.74, 6) is 0. The van der Waals surface area contributed by atoms with Crippen molar-refractivity contribution in [3.63, 3.8) is 0 Å². The van der Waals surface area contributed by atoms with Crippen LogP contribution in [-0.4, -0.2) is 16.8 Å². The molecule has 4 heteroatoms. The summed E-state index contributed by atoms with van der Waals surface area (Å²) < 4.78 is 3.73. The molecule has 0 amide bonds. The van der Waals surface area contributed by atoms with E-state index in [1.54, 1.807) is 0 Å². The van der Waals surface area contributed by atoms with Crippen molar-refractivity contribution in [2.24, 2.45) is 4.99 Å². The molecule has 2 aliphatic heterocycles. The molecule has 2 aliphatic rings. The molecule has 50 heavy (non-hydrogen) atoms. The van der Waals surface area contributed by atoms with E-state index in [1.165, 1.54) is 70.5 Å². The zero-order chi connectivity index (χ0) is 33.0. The summed E-state index contributed by atoms with van der Waals surface area (Å²) in [4.78, 5) is 5.66. The fraction of sp³-hybridized carbons (Fsp3) is 0.0652. The van der Waals surface area contributed by atoms with Gasteiger partial charge in [0, 0.05) is 33.8 Å². The largest absolute Gasteiger partial charge is 0.387 e. The molecular formula is C46H33N3S. The predicted octanol–water partition coefficient (Wildman–Crippen LogP) is 12.1. The summed E-state index contributed by atoms with van der Waals surface area (Å²) >= 11 is 1.82. The molecule has 0 unspecified atom stereocenters. The summed E-state index contributed by atoms with van der Waals surface area (Å²) in [7, 11) is 0. The number of aliphatic imine (C=N–C) groups is 1. The van der Waals surface area contributed by atoms with E-state index >= 15 is 0 Å². The lowest BCUT2D eigenvalue weighted by molar-refractivity contribution is 0.964. The number of allylic oxidation sites excluding steroid dienone is 4. The minimum Gasteiger partial charge on any atom is -0.387 e. The fourth-order valence-corrected chi connectivity index (χ4v) is 8.93. The van der Waals surface area contributed by atoms with Crippen molar-refractivity contribution < 1.29 is 0 Å². The smallest absolute Gasteiger partial charge is 0.121 e. The van der Waals surface area contributed by atoms with Gasteiger partial charge in [0.2, 0.25) is 0 Å². The SMILES string of the molecule is C1=CC(C2=N/c3sc4cc(-c5ccccc5)c(-c5ccccc5)cc4c3CC/C=C\2n2c3ccccc3c3cc4ccccc4cc32)=CNC1. The molecule has 0 saturated carbocycles. The summed E-state index contributed by atoms with van der Waals surface area (Å²) in [6.45, 7) is 0.815. The van der Waals surface area contributed by atoms with Crippen molar-refractivity contribution in [1.29, 1.82) is 0 Å². The maximum Gasteiger partial charge on any atom is 0.121 e. The number of rotatable bonds is 4. The quantitative estimate of drug-likeness (QED) is 0.200. The van der Waals surface area contributed by atoms with Crippen LogP contribution in [-0.2, 0) is 6.42 Å². The van der Waals surface area contributed by atoms with Crippen LogP contribution in [0.15, 0.2) is 168 Å². The van der Waals surface area contributed by atoms with Gasteiger partial charge in [0.1, 0.15) is 5.00 Å². The van der Waals surface area contributed by atoms with Gasteiger partial charge in [-0.2, -0.15) is 0 Å². The Balaban J connectivity index is 1.23. The molecule has 1 N–H and O–H groups in total. The van der Waals surface area contributed by atoms with Crippen molar-refractivity contribution in [2.45, 2.75) is 12.8 Å². The molecule has 0 spiro atoms. The molecule has 0 atom stereocenters. The molecule has 6 aromatic carbocycles. The third-order valence-corrected chi connectivity index (χ3v) is 11.2. The van der Waals surface area contributed by atoms with Crippen LogP contribution in [0.3, 0.4) is 0 Å². The van der Waals surface area contributed by atoms with Crippen LogP contribution in [0.4, 0.5) is 5.00 Å². The molecule has 0 bridgehead atoms. The maximum absolute atomic E-state index is 5.66. The lowest BCUT2D eigenvalue weighted by Gasteiger charge is -2.20. The van der Waals surface area contributed by atoms with Gasteiger partial charge in [0.15, 0.2) is 0 Å². The number of thiophene rings is 1. The Labute approximate surface area is 294 Å². The second-order valence-corrected chi connectivity index (χ2v) is 14.1. The molecule has 238 valence electrons. The number of aryl methyl sites for hydroxylation is 1. The highest BCUT2D eigenvalue weighted by molar-refractivity contribution is 7.23. The topological polar surface area (TPSA) is 29.3 Å². The first-order valence-corrected chi connectivity index (χ1v) is 18.1. The number of aromatic nitrogens is 1. The van der Waals surface area contributed by atoms with Crippen molar-refractivity contribution in [2.75, 3.05) is 6.54 Å². The Hall–Kier alpha value is -5.97. The number of hydrogen-bond acceptors (Lipinski definition) is 3. The van der Waals surface area contributed by atoms with Gasteiger partial charge in [-0.1, -0.05) is 121 Å². The summed E-state index contributed by atoms with van der Waals surface area (Å²) in [6, 6.07) is 48.6. The Morgan fingerprint density at radius 3 is 2.10 bits per heavy atom. The fourth-order valence-electron chi connectivity index (χ4n) is 7.78. The Bertz CT molecular complexity index is 2740. The second kappa shape index (κ2) is 11.9. The zero-order valence-corrected chi connectivity index (χ0v) is 28.3. The summed E-state index contributed by atoms with van der Waals surface area (Å²) in [5, 5.41) is 10.9. The Morgan fingerprint density at radius 1 is 0.640 bits per heavy atom. The van der Waals surface area contributed by atoms with Gasteiger partial charge >= 0.3 is 0 Å². The van der Waals surface area contributed by atoms with E-state index in [1.807, 2.05) is 11.3 Å². The van der Waals surface area contributed by atoms with Crippen molar-refractivity contribution >= 4 is 70.4 Å². The van der Waals surface area contributed by atoms with Crippen molar-refractivity contribution in [1.82, 2.24) is 9.88 Å². The van der Waals surface area contributed by atoms with Crippen molar-refractivity contribution in [3.8, 4) is 22.3 Å². The number of benzene rings is 6. The van der Waals surface area contributed by atoms with Gasteiger partial charge < -0.3 is 9.88 Å². The van der Waals surface area contributed by atoms with E-state index in [-0.39, 0.29) is 0 Å². The molecule has 0 radical (unpaired) electrons. The maximum atomic E-state index is 5.66. The van der Waals surface area contributed by atoms with Crippen LogP contribution in [0, 0.1) is 0 Å². The third-order valence-electron chi connectivity index (χ3n) is 10.1. The first-order chi connectivity index (χ1) is 24.8. The second-order valence-electron chi connectivity index (χ2n) is 13.1. The lowest BCUT2D eigenvalue weighted by atomic mass is 9.92. The van der Waals surface area contributed by atoms with Crippen molar-refractivity contribution in [3.05, 3.63) is 169 Å². The molecule has 0 saturated heterocycles. The Kier molecular flexibility index (Phi) is 6.88. The van der Waals surface area contributed by atoms with Crippen LogP contribution in [0.1, 0.15) is 12.0 Å². The molecule has 8 aromatic rings. The number of fused-ring (bicyclic) bond motifs is 7. The van der Waals surface area contributed by atoms with Crippen LogP contribution < -0.4 is 5.32 Å². The normalized spacial score (nSPS) is 16.7. The van der Waals surface area contributed by atoms with Crippen LogP contribution in [0.2, 0.25) is 0 Å². The van der Waals surface area contributed by atoms with Crippen LogP contribution in [0.25, 0.3) is 70.6 Å². The van der Waals surface area contributed by atoms with Gasteiger partial charge in [-0.25, -0.2) is 4.99 Å². The highest BCUT2D eigenvalue weighted by atomic mass is 32.1. The molecular weight excluding hydrogens is 627 g/mol. The Morgan fingerprint density at radius 2 is 1.34 bits per heavy atom. The zero-order valence-electron chi connectivity index (χ0n) is 27.4.